The number of hydrogen-bond acceptors (Lipinski definition) is 2. The Hall–Kier alpha value is -2.36. The molecule has 0 radical (unpaired) electrons. The van der Waals surface area contributed by atoms with Gasteiger partial charge < -0.3 is 10.4 Å². The maximum absolute atomic E-state index is 12.8. The summed E-state index contributed by atoms with van der Waals surface area (Å²) < 4.78 is 12.8. The molecule has 0 bridgehead atoms. The molecule has 0 heterocycles. The summed E-state index contributed by atoms with van der Waals surface area (Å²) in [6, 6.07) is 12.9. The Kier molecular flexibility index (Phi) is 4.93. The van der Waals surface area contributed by atoms with E-state index in [1.807, 2.05) is 13.0 Å². The minimum Gasteiger partial charge on any atom is -0.508 e. The second kappa shape index (κ2) is 6.88. The molecular formula is C17H18FNO2. The Morgan fingerprint density at radius 1 is 1.19 bits per heavy atom. The Labute approximate surface area is 123 Å². The standard InChI is InChI=1S/C17H18FNO2/c1-12(13-6-9-15(18)10-7-13)19-17(21)11-8-14-4-2-3-5-16(14)20/h2-7,9-10,12,20H,8,11H2,1H3,(H,19,21). The van der Waals surface area contributed by atoms with Gasteiger partial charge in [0.15, 0.2) is 0 Å². The zero-order chi connectivity index (χ0) is 15.2. The second-order valence-corrected chi connectivity index (χ2v) is 4.97. The van der Waals surface area contributed by atoms with E-state index < -0.39 is 0 Å². The summed E-state index contributed by atoms with van der Waals surface area (Å²) in [5, 5.41) is 12.5. The van der Waals surface area contributed by atoms with Gasteiger partial charge in [-0.05, 0) is 42.7 Å². The molecule has 1 atom stereocenters. The van der Waals surface area contributed by atoms with Crippen LogP contribution in [0, 0.1) is 5.82 Å². The Bertz CT molecular complexity index is 610. The van der Waals surface area contributed by atoms with Gasteiger partial charge in [0.2, 0.25) is 5.91 Å². The number of benzene rings is 2. The monoisotopic (exact) mass is 287 g/mol. The molecule has 2 aromatic carbocycles. The number of para-hydroxylation sites is 1. The molecule has 0 saturated heterocycles. The highest BCUT2D eigenvalue weighted by atomic mass is 19.1. The van der Waals surface area contributed by atoms with Crippen molar-refractivity contribution in [2.45, 2.75) is 25.8 Å². The van der Waals surface area contributed by atoms with Gasteiger partial charge in [0.25, 0.3) is 0 Å². The molecule has 0 aromatic heterocycles. The van der Waals surface area contributed by atoms with Gasteiger partial charge >= 0.3 is 0 Å². The van der Waals surface area contributed by atoms with Gasteiger partial charge in [-0.15, -0.1) is 0 Å². The van der Waals surface area contributed by atoms with Gasteiger partial charge in [0.05, 0.1) is 6.04 Å². The van der Waals surface area contributed by atoms with Gasteiger partial charge in [-0.25, -0.2) is 4.39 Å². The Balaban J connectivity index is 1.87. The van der Waals surface area contributed by atoms with E-state index in [4.69, 9.17) is 0 Å². The molecule has 1 amide bonds. The molecule has 2 N–H and O–H groups in total. The number of carbonyl (C=O) groups excluding carboxylic acids is 1. The number of amides is 1. The molecule has 0 fully saturated rings. The van der Waals surface area contributed by atoms with Crippen LogP contribution >= 0.6 is 0 Å². The first-order valence-corrected chi connectivity index (χ1v) is 6.88. The highest BCUT2D eigenvalue weighted by Gasteiger charge is 2.10. The molecule has 1 unspecified atom stereocenters. The van der Waals surface area contributed by atoms with E-state index in [2.05, 4.69) is 5.32 Å². The molecule has 4 heteroatoms. The number of hydrogen-bond donors (Lipinski definition) is 2. The number of rotatable bonds is 5. The summed E-state index contributed by atoms with van der Waals surface area (Å²) in [4.78, 5) is 11.9. The number of phenols is 1. The third-order valence-corrected chi connectivity index (χ3v) is 3.36. The van der Waals surface area contributed by atoms with Crippen LogP contribution in [0.25, 0.3) is 0 Å². The fraction of sp³-hybridized carbons (Fsp3) is 0.235. The lowest BCUT2D eigenvalue weighted by molar-refractivity contribution is -0.121. The van der Waals surface area contributed by atoms with E-state index >= 15 is 0 Å². The average Bonchev–Trinajstić information content (AvgIpc) is 2.47. The number of nitrogens with one attached hydrogen (secondary N) is 1. The van der Waals surface area contributed by atoms with E-state index in [0.29, 0.717) is 12.8 Å². The van der Waals surface area contributed by atoms with Crippen molar-refractivity contribution < 1.29 is 14.3 Å². The van der Waals surface area contributed by atoms with Crippen molar-refractivity contribution >= 4 is 5.91 Å². The maximum Gasteiger partial charge on any atom is 0.220 e. The molecule has 0 aliphatic heterocycles. The first-order valence-electron chi connectivity index (χ1n) is 6.88. The fourth-order valence-corrected chi connectivity index (χ4v) is 2.12. The van der Waals surface area contributed by atoms with Crippen molar-refractivity contribution in [2.24, 2.45) is 0 Å². The number of halogens is 1. The van der Waals surface area contributed by atoms with E-state index in [-0.39, 0.29) is 23.5 Å². The molecule has 2 rings (SSSR count). The van der Waals surface area contributed by atoms with Crippen LogP contribution in [0.1, 0.15) is 30.5 Å². The average molecular weight is 287 g/mol. The topological polar surface area (TPSA) is 49.3 Å². The number of aromatic hydroxyl groups is 1. The molecule has 110 valence electrons. The zero-order valence-electron chi connectivity index (χ0n) is 11.8. The van der Waals surface area contributed by atoms with Crippen LogP contribution in [-0.4, -0.2) is 11.0 Å². The first kappa shape index (κ1) is 15.0. The van der Waals surface area contributed by atoms with Crippen LogP contribution in [0.2, 0.25) is 0 Å². The predicted octanol–water partition coefficient (Wildman–Crippen LogP) is 3.34. The minimum atomic E-state index is -0.295. The SMILES string of the molecule is CC(NC(=O)CCc1ccccc1O)c1ccc(F)cc1. The Morgan fingerprint density at radius 3 is 2.52 bits per heavy atom. The van der Waals surface area contributed by atoms with E-state index in [1.54, 1.807) is 30.3 Å². The van der Waals surface area contributed by atoms with Crippen LogP contribution in [0.4, 0.5) is 4.39 Å². The molecule has 0 aliphatic rings. The number of phenolic OH excluding ortho intramolecular Hbond substituents is 1. The summed E-state index contributed by atoms with van der Waals surface area (Å²) in [5.74, 6) is -0.191. The summed E-state index contributed by atoms with van der Waals surface area (Å²) >= 11 is 0. The molecule has 21 heavy (non-hydrogen) atoms. The maximum atomic E-state index is 12.8. The quantitative estimate of drug-likeness (QED) is 0.886. The van der Waals surface area contributed by atoms with Crippen LogP contribution in [0.5, 0.6) is 5.75 Å². The molecule has 0 saturated carbocycles. The van der Waals surface area contributed by atoms with Gasteiger partial charge in [-0.2, -0.15) is 0 Å². The number of carbonyl (C=O) groups is 1. The van der Waals surface area contributed by atoms with Crippen molar-refractivity contribution in [3.63, 3.8) is 0 Å². The van der Waals surface area contributed by atoms with Crippen molar-refractivity contribution in [1.82, 2.24) is 5.32 Å². The van der Waals surface area contributed by atoms with Gasteiger partial charge in [-0.1, -0.05) is 30.3 Å². The van der Waals surface area contributed by atoms with Gasteiger partial charge in [0.1, 0.15) is 11.6 Å². The lowest BCUT2D eigenvalue weighted by atomic mass is 10.1. The number of aryl methyl sites for hydroxylation is 1. The molecule has 3 nitrogen and oxygen atoms in total. The van der Waals surface area contributed by atoms with E-state index in [9.17, 15) is 14.3 Å². The second-order valence-electron chi connectivity index (χ2n) is 4.97. The van der Waals surface area contributed by atoms with Crippen molar-refractivity contribution in [3.05, 3.63) is 65.5 Å². The lowest BCUT2D eigenvalue weighted by Crippen LogP contribution is -2.26. The van der Waals surface area contributed by atoms with Crippen molar-refractivity contribution in [2.75, 3.05) is 0 Å². The van der Waals surface area contributed by atoms with Gasteiger partial charge in [0, 0.05) is 6.42 Å². The normalized spacial score (nSPS) is 11.9. The van der Waals surface area contributed by atoms with Crippen molar-refractivity contribution in [1.29, 1.82) is 0 Å². The van der Waals surface area contributed by atoms with E-state index in [0.717, 1.165) is 11.1 Å². The molecular weight excluding hydrogens is 269 g/mol. The van der Waals surface area contributed by atoms with Crippen LogP contribution in [-0.2, 0) is 11.2 Å². The molecule has 2 aromatic rings. The van der Waals surface area contributed by atoms with Crippen LogP contribution in [0.15, 0.2) is 48.5 Å². The minimum absolute atomic E-state index is 0.102. The lowest BCUT2D eigenvalue weighted by Gasteiger charge is -2.14. The van der Waals surface area contributed by atoms with Crippen LogP contribution in [0.3, 0.4) is 0 Å². The van der Waals surface area contributed by atoms with Gasteiger partial charge in [-0.3, -0.25) is 4.79 Å². The summed E-state index contributed by atoms with van der Waals surface area (Å²) in [6.45, 7) is 1.85. The predicted molar refractivity (Wildman–Crippen MR) is 79.4 cm³/mol. The summed E-state index contributed by atoms with van der Waals surface area (Å²) in [5.41, 5.74) is 1.61. The largest absolute Gasteiger partial charge is 0.508 e. The fourth-order valence-electron chi connectivity index (χ4n) is 2.12. The highest BCUT2D eigenvalue weighted by Crippen LogP contribution is 2.18. The first-order chi connectivity index (χ1) is 10.1. The van der Waals surface area contributed by atoms with Crippen molar-refractivity contribution in [3.8, 4) is 5.75 Å². The highest BCUT2D eigenvalue weighted by molar-refractivity contribution is 5.76. The molecule has 0 aliphatic carbocycles. The van der Waals surface area contributed by atoms with E-state index in [1.165, 1.54) is 12.1 Å². The summed E-state index contributed by atoms with van der Waals surface area (Å²) in [6.07, 6.45) is 0.776. The Morgan fingerprint density at radius 2 is 1.86 bits per heavy atom. The third kappa shape index (κ3) is 4.31. The third-order valence-electron chi connectivity index (χ3n) is 3.36. The van der Waals surface area contributed by atoms with Crippen LogP contribution < -0.4 is 5.32 Å². The molecule has 0 spiro atoms. The summed E-state index contributed by atoms with van der Waals surface area (Å²) in [7, 11) is 0. The smallest absolute Gasteiger partial charge is 0.220 e. The zero-order valence-corrected chi connectivity index (χ0v) is 11.8.